The third kappa shape index (κ3) is 5.62. The second-order valence-corrected chi connectivity index (χ2v) is 4.81. The lowest BCUT2D eigenvalue weighted by molar-refractivity contribution is -0.136. The van der Waals surface area contributed by atoms with Gasteiger partial charge in [-0.1, -0.05) is 18.2 Å². The molecule has 2 rings (SSSR count). The van der Waals surface area contributed by atoms with Gasteiger partial charge in [-0.15, -0.1) is 0 Å². The minimum Gasteiger partial charge on any atom is -0.457 e. The van der Waals surface area contributed by atoms with E-state index in [0.29, 0.717) is 5.56 Å². The van der Waals surface area contributed by atoms with Crippen LogP contribution in [0.25, 0.3) is 0 Å². The normalized spacial score (nSPS) is 10.9. The van der Waals surface area contributed by atoms with Gasteiger partial charge in [0.25, 0.3) is 0 Å². The molecule has 0 spiro atoms. The van der Waals surface area contributed by atoms with Gasteiger partial charge < -0.3 is 13.9 Å². The zero-order valence-electron chi connectivity index (χ0n) is 13.5. The van der Waals surface area contributed by atoms with E-state index in [1.807, 2.05) is 6.92 Å². The SMILES string of the molecule is CC=CC=CC(=O)OCC(=O)c1ccc(OC(=O)c2ccco2)cc1. The minimum atomic E-state index is -0.633. The Bertz CT molecular complexity index is 782. The van der Waals surface area contributed by atoms with E-state index in [2.05, 4.69) is 0 Å². The van der Waals surface area contributed by atoms with Gasteiger partial charge in [-0.3, -0.25) is 4.79 Å². The molecule has 25 heavy (non-hydrogen) atoms. The Labute approximate surface area is 144 Å². The average Bonchev–Trinajstić information content (AvgIpc) is 3.15. The molecule has 1 aromatic carbocycles. The number of Topliss-reactive ketones (excluding diaryl/α,β-unsaturated/α-hetero) is 1. The highest BCUT2D eigenvalue weighted by Crippen LogP contribution is 2.15. The summed E-state index contributed by atoms with van der Waals surface area (Å²) in [5.41, 5.74) is 0.336. The summed E-state index contributed by atoms with van der Waals surface area (Å²) in [4.78, 5) is 35.1. The molecule has 0 saturated carbocycles. The number of hydrogen-bond donors (Lipinski definition) is 0. The van der Waals surface area contributed by atoms with Crippen LogP contribution in [0.4, 0.5) is 0 Å². The third-order valence-corrected chi connectivity index (χ3v) is 2.99. The standard InChI is InChI=1S/C19H16O6/c1-2-3-4-7-18(21)24-13-16(20)14-8-10-15(11-9-14)25-19(22)17-6-5-12-23-17/h2-12H,13H2,1H3. The van der Waals surface area contributed by atoms with Crippen molar-refractivity contribution >= 4 is 17.7 Å². The summed E-state index contributed by atoms with van der Waals surface area (Å²) in [5, 5.41) is 0. The molecule has 0 aliphatic carbocycles. The van der Waals surface area contributed by atoms with Crippen LogP contribution < -0.4 is 4.74 Å². The van der Waals surface area contributed by atoms with Crippen LogP contribution in [0, 0.1) is 0 Å². The molecule has 1 heterocycles. The highest BCUT2D eigenvalue weighted by Gasteiger charge is 2.12. The molecule has 0 fully saturated rings. The molecule has 0 radical (unpaired) electrons. The molecule has 6 nitrogen and oxygen atoms in total. The molecule has 0 aliphatic rings. The fourth-order valence-corrected chi connectivity index (χ4v) is 1.77. The van der Waals surface area contributed by atoms with E-state index in [9.17, 15) is 14.4 Å². The number of ether oxygens (including phenoxy) is 2. The quantitative estimate of drug-likeness (QED) is 0.253. The number of rotatable bonds is 7. The maximum absolute atomic E-state index is 12.0. The molecule has 0 unspecified atom stereocenters. The van der Waals surface area contributed by atoms with Crippen LogP contribution in [0.1, 0.15) is 27.8 Å². The molecule has 0 N–H and O–H groups in total. The molecule has 0 amide bonds. The Hall–Kier alpha value is -3.41. The van der Waals surface area contributed by atoms with E-state index in [4.69, 9.17) is 13.9 Å². The molecule has 0 saturated heterocycles. The lowest BCUT2D eigenvalue weighted by atomic mass is 10.1. The van der Waals surface area contributed by atoms with Gasteiger partial charge in [-0.25, -0.2) is 9.59 Å². The van der Waals surface area contributed by atoms with Crippen LogP contribution in [0.15, 0.2) is 71.4 Å². The van der Waals surface area contributed by atoms with Gasteiger partial charge in [0.2, 0.25) is 5.76 Å². The number of benzene rings is 1. The van der Waals surface area contributed by atoms with E-state index < -0.39 is 11.9 Å². The Morgan fingerprint density at radius 3 is 2.48 bits per heavy atom. The van der Waals surface area contributed by atoms with E-state index in [0.717, 1.165) is 0 Å². The van der Waals surface area contributed by atoms with Gasteiger partial charge in [-0.2, -0.15) is 0 Å². The molecular weight excluding hydrogens is 324 g/mol. The summed E-state index contributed by atoms with van der Waals surface area (Å²) in [5.74, 6) is -1.25. The summed E-state index contributed by atoms with van der Waals surface area (Å²) >= 11 is 0. The zero-order valence-corrected chi connectivity index (χ0v) is 13.5. The predicted molar refractivity (Wildman–Crippen MR) is 89.4 cm³/mol. The number of esters is 2. The zero-order chi connectivity index (χ0) is 18.1. The Morgan fingerprint density at radius 1 is 1.08 bits per heavy atom. The smallest absolute Gasteiger partial charge is 0.379 e. The lowest BCUT2D eigenvalue weighted by Crippen LogP contribution is -2.12. The average molecular weight is 340 g/mol. The predicted octanol–water partition coefficient (Wildman–Crippen LogP) is 3.36. The third-order valence-electron chi connectivity index (χ3n) is 2.99. The summed E-state index contributed by atoms with van der Waals surface area (Å²) in [6, 6.07) is 8.98. The van der Waals surface area contributed by atoms with Crippen LogP contribution >= 0.6 is 0 Å². The maximum atomic E-state index is 12.0. The van der Waals surface area contributed by atoms with Gasteiger partial charge >= 0.3 is 11.9 Å². The molecule has 1 aromatic heterocycles. The second-order valence-electron chi connectivity index (χ2n) is 4.81. The summed E-state index contributed by atoms with van der Waals surface area (Å²) in [6.45, 7) is 1.44. The van der Waals surface area contributed by atoms with Crippen molar-refractivity contribution in [1.29, 1.82) is 0 Å². The van der Waals surface area contributed by atoms with Crippen molar-refractivity contribution in [3.8, 4) is 5.75 Å². The van der Waals surface area contributed by atoms with E-state index >= 15 is 0 Å². The number of allylic oxidation sites excluding steroid dienone is 3. The van der Waals surface area contributed by atoms with Crippen molar-refractivity contribution < 1.29 is 28.3 Å². The van der Waals surface area contributed by atoms with Crippen LogP contribution in [-0.4, -0.2) is 24.3 Å². The van der Waals surface area contributed by atoms with Crippen molar-refractivity contribution in [3.63, 3.8) is 0 Å². The minimum absolute atomic E-state index is 0.0815. The van der Waals surface area contributed by atoms with Crippen molar-refractivity contribution in [2.24, 2.45) is 0 Å². The Kier molecular flexibility index (Phi) is 6.47. The summed E-state index contributed by atoms with van der Waals surface area (Å²) in [6.07, 6.45) is 7.55. The molecular formula is C19H16O6. The molecule has 2 aromatic rings. The van der Waals surface area contributed by atoms with Gasteiger partial charge in [0.1, 0.15) is 5.75 Å². The first-order valence-electron chi connectivity index (χ1n) is 7.45. The molecule has 0 aliphatic heterocycles. The van der Waals surface area contributed by atoms with Gasteiger partial charge in [0.15, 0.2) is 12.4 Å². The van der Waals surface area contributed by atoms with Crippen molar-refractivity contribution in [1.82, 2.24) is 0 Å². The lowest BCUT2D eigenvalue weighted by Gasteiger charge is -2.04. The summed E-state index contributed by atoms with van der Waals surface area (Å²) < 4.78 is 14.9. The molecule has 0 bridgehead atoms. The van der Waals surface area contributed by atoms with Gasteiger partial charge in [0.05, 0.1) is 6.26 Å². The number of furan rings is 1. The van der Waals surface area contributed by atoms with Crippen molar-refractivity contribution in [2.75, 3.05) is 6.61 Å². The van der Waals surface area contributed by atoms with Crippen molar-refractivity contribution in [3.05, 3.63) is 78.3 Å². The summed E-state index contributed by atoms with van der Waals surface area (Å²) in [7, 11) is 0. The van der Waals surface area contributed by atoms with Gasteiger partial charge in [0, 0.05) is 11.6 Å². The maximum Gasteiger partial charge on any atom is 0.379 e. The first-order chi connectivity index (χ1) is 12.1. The van der Waals surface area contributed by atoms with Crippen LogP contribution in [0.2, 0.25) is 0 Å². The van der Waals surface area contributed by atoms with E-state index in [1.165, 1.54) is 48.7 Å². The first kappa shape index (κ1) is 17.9. The molecule has 128 valence electrons. The Balaban J connectivity index is 1.87. The van der Waals surface area contributed by atoms with Crippen LogP contribution in [0.3, 0.4) is 0 Å². The van der Waals surface area contributed by atoms with E-state index in [-0.39, 0.29) is 23.9 Å². The van der Waals surface area contributed by atoms with Crippen LogP contribution in [0.5, 0.6) is 5.75 Å². The highest BCUT2D eigenvalue weighted by molar-refractivity contribution is 5.98. The van der Waals surface area contributed by atoms with Gasteiger partial charge in [-0.05, 0) is 43.3 Å². The molecule has 0 atom stereocenters. The number of hydrogen-bond acceptors (Lipinski definition) is 6. The second kappa shape index (κ2) is 9.02. The fraction of sp³-hybridized carbons (Fsp3) is 0.105. The van der Waals surface area contributed by atoms with Crippen molar-refractivity contribution in [2.45, 2.75) is 6.92 Å². The monoisotopic (exact) mass is 340 g/mol. The first-order valence-corrected chi connectivity index (χ1v) is 7.45. The Morgan fingerprint density at radius 2 is 1.84 bits per heavy atom. The number of carbonyl (C=O) groups excluding carboxylic acids is 3. The molecule has 6 heteroatoms. The van der Waals surface area contributed by atoms with E-state index in [1.54, 1.807) is 18.2 Å². The number of carbonyl (C=O) groups is 3. The largest absolute Gasteiger partial charge is 0.457 e. The highest BCUT2D eigenvalue weighted by atomic mass is 16.5. The number of ketones is 1. The fourth-order valence-electron chi connectivity index (χ4n) is 1.77. The topological polar surface area (TPSA) is 82.8 Å². The van der Waals surface area contributed by atoms with Crippen LogP contribution in [-0.2, 0) is 9.53 Å².